The second-order valence-electron chi connectivity index (χ2n) is 6.43. The minimum atomic E-state index is -0.607. The summed E-state index contributed by atoms with van der Waals surface area (Å²) in [6.07, 6.45) is -0.607. The topological polar surface area (TPSA) is 41.8 Å². The number of aliphatic hydroxyl groups is 1. The number of ether oxygens (including phenoxy) is 1. The molecule has 2 atom stereocenters. The van der Waals surface area contributed by atoms with Gasteiger partial charge in [0.15, 0.2) is 0 Å². The minimum Gasteiger partial charge on any atom is -0.477 e. The molecule has 3 nitrogen and oxygen atoms in total. The lowest BCUT2D eigenvalue weighted by molar-refractivity contribution is 0.0971. The Morgan fingerprint density at radius 1 is 1.27 bits per heavy atom. The van der Waals surface area contributed by atoms with Gasteiger partial charge in [0.25, 0.3) is 0 Å². The van der Waals surface area contributed by atoms with E-state index < -0.39 is 6.10 Å². The summed E-state index contributed by atoms with van der Waals surface area (Å²) in [6, 6.07) is 0.157. The number of hydrogen-bond acceptors (Lipinski definition) is 3. The van der Waals surface area contributed by atoms with Gasteiger partial charge in [0, 0.05) is 0 Å². The Hall–Kier alpha value is -0.570. The second kappa shape index (κ2) is 3.78. The molecule has 0 aliphatic carbocycles. The number of nitrogens with zero attached hydrogens (tertiary/aromatic N) is 1. The molecule has 1 unspecified atom stereocenters. The molecule has 0 saturated heterocycles. The van der Waals surface area contributed by atoms with E-state index in [9.17, 15) is 5.11 Å². The summed E-state index contributed by atoms with van der Waals surface area (Å²) in [5, 5.41) is 10.0. The fourth-order valence-electron chi connectivity index (χ4n) is 1.36. The van der Waals surface area contributed by atoms with Crippen molar-refractivity contribution in [1.82, 2.24) is 0 Å². The van der Waals surface area contributed by atoms with Gasteiger partial charge in [-0.2, -0.15) is 0 Å². The van der Waals surface area contributed by atoms with Crippen LogP contribution in [-0.4, -0.2) is 29.8 Å². The Labute approximate surface area is 92.6 Å². The standard InChI is InChI=1S/C12H23NO2/c1-11(2,3)8-7-15-10(13-8)9(14)12(4,5)6/h8-9,14H,7H2,1-6H3/t8-,9?/m1/s1. The average Bonchev–Trinajstić information content (AvgIpc) is 2.47. The van der Waals surface area contributed by atoms with E-state index >= 15 is 0 Å². The van der Waals surface area contributed by atoms with Crippen LogP contribution in [0.5, 0.6) is 0 Å². The summed E-state index contributed by atoms with van der Waals surface area (Å²) in [4.78, 5) is 4.47. The van der Waals surface area contributed by atoms with E-state index in [1.54, 1.807) is 0 Å². The van der Waals surface area contributed by atoms with Crippen LogP contribution in [-0.2, 0) is 4.74 Å². The van der Waals surface area contributed by atoms with Crippen molar-refractivity contribution < 1.29 is 9.84 Å². The quantitative estimate of drug-likeness (QED) is 0.725. The van der Waals surface area contributed by atoms with E-state index in [1.165, 1.54) is 0 Å². The zero-order valence-corrected chi connectivity index (χ0v) is 10.7. The molecule has 0 bridgehead atoms. The maximum atomic E-state index is 10.0. The van der Waals surface area contributed by atoms with Crippen molar-refractivity contribution in [2.24, 2.45) is 15.8 Å². The first kappa shape index (κ1) is 12.5. The van der Waals surface area contributed by atoms with Crippen LogP contribution in [0.1, 0.15) is 41.5 Å². The number of rotatable bonds is 1. The first-order valence-electron chi connectivity index (χ1n) is 5.51. The van der Waals surface area contributed by atoms with Gasteiger partial charge in [0.2, 0.25) is 5.90 Å². The van der Waals surface area contributed by atoms with Gasteiger partial charge in [-0.1, -0.05) is 41.5 Å². The molecule has 88 valence electrons. The van der Waals surface area contributed by atoms with Gasteiger partial charge in [-0.05, 0) is 10.8 Å². The first-order chi connectivity index (χ1) is 6.62. The van der Waals surface area contributed by atoms with Crippen LogP contribution in [0.4, 0.5) is 0 Å². The molecule has 1 rings (SSSR count). The third-order valence-corrected chi connectivity index (χ3v) is 2.73. The summed E-state index contributed by atoms with van der Waals surface area (Å²) < 4.78 is 5.48. The highest BCUT2D eigenvalue weighted by Crippen LogP contribution is 2.29. The molecule has 1 aliphatic rings. The molecule has 15 heavy (non-hydrogen) atoms. The monoisotopic (exact) mass is 213 g/mol. The van der Waals surface area contributed by atoms with Crippen molar-refractivity contribution in [2.75, 3.05) is 6.61 Å². The first-order valence-corrected chi connectivity index (χ1v) is 5.51. The Morgan fingerprint density at radius 3 is 2.13 bits per heavy atom. The predicted octanol–water partition coefficient (Wildman–Crippen LogP) is 2.24. The smallest absolute Gasteiger partial charge is 0.214 e. The van der Waals surface area contributed by atoms with Crippen LogP contribution in [0.3, 0.4) is 0 Å². The molecule has 0 aromatic rings. The normalized spacial score (nSPS) is 24.7. The molecule has 0 radical (unpaired) electrons. The second-order valence-corrected chi connectivity index (χ2v) is 6.43. The van der Waals surface area contributed by atoms with Crippen LogP contribution >= 0.6 is 0 Å². The molecule has 0 spiro atoms. The van der Waals surface area contributed by atoms with Crippen molar-refractivity contribution in [3.8, 4) is 0 Å². The summed E-state index contributed by atoms with van der Waals surface area (Å²) >= 11 is 0. The summed E-state index contributed by atoms with van der Waals surface area (Å²) in [5.41, 5.74) is -0.120. The Balaban J connectivity index is 2.76. The van der Waals surface area contributed by atoms with Crippen molar-refractivity contribution in [1.29, 1.82) is 0 Å². The fourth-order valence-corrected chi connectivity index (χ4v) is 1.36. The third kappa shape index (κ3) is 2.94. The van der Waals surface area contributed by atoms with Gasteiger partial charge < -0.3 is 9.84 Å². The molecular weight excluding hydrogens is 190 g/mol. The highest BCUT2D eigenvalue weighted by Gasteiger charge is 2.36. The lowest BCUT2D eigenvalue weighted by Crippen LogP contribution is -2.34. The van der Waals surface area contributed by atoms with E-state index in [4.69, 9.17) is 4.74 Å². The molecule has 0 saturated carbocycles. The number of aliphatic imine (C=N–C) groups is 1. The molecule has 1 N–H and O–H groups in total. The Morgan fingerprint density at radius 2 is 1.80 bits per heavy atom. The van der Waals surface area contributed by atoms with Gasteiger partial charge >= 0.3 is 0 Å². The summed E-state index contributed by atoms with van der Waals surface area (Å²) in [5.74, 6) is 0.502. The van der Waals surface area contributed by atoms with E-state index in [2.05, 4.69) is 25.8 Å². The third-order valence-electron chi connectivity index (χ3n) is 2.73. The van der Waals surface area contributed by atoms with Crippen molar-refractivity contribution >= 4 is 5.90 Å². The van der Waals surface area contributed by atoms with Crippen LogP contribution in [0.25, 0.3) is 0 Å². The highest BCUT2D eigenvalue weighted by atomic mass is 16.5. The molecule has 0 fully saturated rings. The van der Waals surface area contributed by atoms with E-state index in [0.29, 0.717) is 12.5 Å². The average molecular weight is 213 g/mol. The molecule has 0 aromatic heterocycles. The Bertz CT molecular complexity index is 258. The van der Waals surface area contributed by atoms with Crippen molar-refractivity contribution in [2.45, 2.75) is 53.7 Å². The van der Waals surface area contributed by atoms with Gasteiger partial charge in [-0.3, -0.25) is 0 Å². The van der Waals surface area contributed by atoms with Crippen LogP contribution in [0, 0.1) is 10.8 Å². The zero-order valence-electron chi connectivity index (χ0n) is 10.7. The number of hydrogen-bond donors (Lipinski definition) is 1. The van der Waals surface area contributed by atoms with E-state index in [0.717, 1.165) is 0 Å². The molecule has 1 aliphatic heterocycles. The molecule has 3 heteroatoms. The highest BCUT2D eigenvalue weighted by molar-refractivity contribution is 5.82. The fraction of sp³-hybridized carbons (Fsp3) is 0.917. The predicted molar refractivity (Wildman–Crippen MR) is 62.1 cm³/mol. The van der Waals surface area contributed by atoms with Gasteiger partial charge in [0.1, 0.15) is 12.7 Å². The van der Waals surface area contributed by atoms with E-state index in [1.807, 2.05) is 20.8 Å². The molecule has 1 heterocycles. The summed E-state index contributed by atoms with van der Waals surface area (Å²) in [6.45, 7) is 12.9. The Kier molecular flexibility index (Phi) is 3.15. The summed E-state index contributed by atoms with van der Waals surface area (Å²) in [7, 11) is 0. The van der Waals surface area contributed by atoms with Crippen LogP contribution < -0.4 is 0 Å². The van der Waals surface area contributed by atoms with Crippen LogP contribution in [0.2, 0.25) is 0 Å². The lowest BCUT2D eigenvalue weighted by atomic mass is 9.87. The molecule has 0 aromatic carbocycles. The zero-order chi connectivity index (χ0) is 11.9. The lowest BCUT2D eigenvalue weighted by Gasteiger charge is -2.24. The van der Waals surface area contributed by atoms with Gasteiger partial charge in [-0.15, -0.1) is 0 Å². The van der Waals surface area contributed by atoms with Gasteiger partial charge in [-0.25, -0.2) is 4.99 Å². The van der Waals surface area contributed by atoms with Crippen LogP contribution in [0.15, 0.2) is 4.99 Å². The van der Waals surface area contributed by atoms with E-state index in [-0.39, 0.29) is 16.9 Å². The largest absolute Gasteiger partial charge is 0.477 e. The minimum absolute atomic E-state index is 0.0966. The molecule has 0 amide bonds. The maximum Gasteiger partial charge on any atom is 0.214 e. The molecular formula is C12H23NO2. The number of aliphatic hydroxyl groups excluding tert-OH is 1. The maximum absolute atomic E-state index is 10.0. The SMILES string of the molecule is CC(C)(C)C(O)C1=N[C@@H](C(C)(C)C)CO1. The van der Waals surface area contributed by atoms with Crippen molar-refractivity contribution in [3.05, 3.63) is 0 Å². The van der Waals surface area contributed by atoms with Crippen molar-refractivity contribution in [3.63, 3.8) is 0 Å². The van der Waals surface area contributed by atoms with Gasteiger partial charge in [0.05, 0.1) is 6.04 Å².